The third-order valence-corrected chi connectivity index (χ3v) is 24.0. The van der Waals surface area contributed by atoms with Gasteiger partial charge in [0.15, 0.2) is 12.2 Å². The van der Waals surface area contributed by atoms with E-state index in [-0.39, 0.29) is 55.7 Å². The molecular weight excluding hydrogens is 1790 g/mol. The number of hydrogen-bond acceptors (Lipinski definition) is 13. The summed E-state index contributed by atoms with van der Waals surface area (Å²) in [6.45, 7) is 10.3. The van der Waals surface area contributed by atoms with Crippen LogP contribution in [0.2, 0.25) is 20.1 Å². The highest BCUT2D eigenvalue weighted by molar-refractivity contribution is 6.32. The zero-order valence-electron chi connectivity index (χ0n) is 70.2. The fraction of sp³-hybridized carbons (Fsp3) is 0.354. The lowest BCUT2D eigenvalue weighted by Gasteiger charge is -2.36. The Morgan fingerprint density at radius 3 is 0.944 bits per heavy atom. The Morgan fingerprint density at radius 2 is 0.667 bits per heavy atom. The van der Waals surface area contributed by atoms with Crippen molar-refractivity contribution in [1.82, 2.24) is 39.5 Å². The van der Waals surface area contributed by atoms with Crippen LogP contribution in [0.4, 0.5) is 19.2 Å². The van der Waals surface area contributed by atoms with Crippen molar-refractivity contribution in [2.75, 3.05) is 103 Å². The molecule has 0 bridgehead atoms. The normalized spacial score (nSPS) is 15.9. The van der Waals surface area contributed by atoms with Crippen molar-refractivity contribution in [3.63, 3.8) is 0 Å². The number of nitrogens with zero attached hydrogens (tertiary/aromatic N) is 4. The van der Waals surface area contributed by atoms with E-state index in [4.69, 9.17) is 153 Å². The first-order valence-electron chi connectivity index (χ1n) is 41.9. The number of nitrogens with one attached hydrogen (secondary N) is 4. The molecular formula is C96H99Cl9N8O13. The number of methoxy groups -OCH3 is 1. The molecule has 21 nitrogen and oxygen atoms in total. The van der Waals surface area contributed by atoms with E-state index < -0.39 is 17.7 Å². The van der Waals surface area contributed by atoms with Crippen LogP contribution >= 0.6 is 104 Å². The van der Waals surface area contributed by atoms with E-state index >= 15 is 0 Å². The molecule has 16 rings (SSSR count). The van der Waals surface area contributed by atoms with E-state index in [1.54, 1.807) is 33.6 Å². The number of aromatic nitrogens is 4. The molecule has 4 aromatic heterocycles. The molecule has 126 heavy (non-hydrogen) atoms. The molecule has 4 aliphatic heterocycles. The van der Waals surface area contributed by atoms with Crippen LogP contribution in [0, 0.1) is 12.3 Å². The molecule has 12 aromatic rings. The van der Waals surface area contributed by atoms with Crippen LogP contribution in [0.5, 0.6) is 23.0 Å². The molecule has 0 fully saturated rings. The Hall–Kier alpha value is -9.67. The monoisotopic (exact) mass is 1890 g/mol. The van der Waals surface area contributed by atoms with Crippen LogP contribution in [0.1, 0.15) is 144 Å². The summed E-state index contributed by atoms with van der Waals surface area (Å²) in [5.41, 5.74) is 15.7. The van der Waals surface area contributed by atoms with Gasteiger partial charge in [0.2, 0.25) is 0 Å². The zero-order valence-corrected chi connectivity index (χ0v) is 77.0. The maximum absolute atomic E-state index is 13.0. The van der Waals surface area contributed by atoms with Gasteiger partial charge in [-0.1, -0.05) is 112 Å². The van der Waals surface area contributed by atoms with Gasteiger partial charge in [-0.15, -0.1) is 52.8 Å². The largest absolute Gasteiger partial charge is 0.494 e. The Bertz CT molecular complexity index is 5550. The maximum Gasteiger partial charge on any atom is 0.412 e. The summed E-state index contributed by atoms with van der Waals surface area (Å²) in [4.78, 5) is 72.6. The van der Waals surface area contributed by atoms with Gasteiger partial charge in [0.05, 0.1) is 39.1 Å². The number of carbonyl (C=O) groups excluding carboxylic acids is 4. The number of carbonyl (C=O) groups is 4. The molecule has 5 atom stereocenters. The van der Waals surface area contributed by atoms with Crippen molar-refractivity contribution >= 4 is 172 Å². The number of terminal acetylenes is 1. The fourth-order valence-corrected chi connectivity index (χ4v) is 17.6. The van der Waals surface area contributed by atoms with Crippen LogP contribution in [-0.4, -0.2) is 179 Å². The summed E-state index contributed by atoms with van der Waals surface area (Å²) in [7, 11) is 1.58. The summed E-state index contributed by atoms with van der Waals surface area (Å²) < 4.78 is 49.6. The smallest absolute Gasteiger partial charge is 0.412 e. The van der Waals surface area contributed by atoms with Crippen molar-refractivity contribution in [2.24, 2.45) is 0 Å². The number of H-pyrrole nitrogens is 4. The third-order valence-electron chi connectivity index (χ3n) is 21.9. The molecule has 8 heterocycles. The van der Waals surface area contributed by atoms with Gasteiger partial charge in [-0.25, -0.2) is 19.2 Å². The van der Waals surface area contributed by atoms with E-state index in [9.17, 15) is 19.2 Å². The minimum atomic E-state index is -0.714. The second-order valence-corrected chi connectivity index (χ2v) is 34.5. The quantitative estimate of drug-likeness (QED) is 0.0163. The molecule has 4 amide bonds. The molecule has 30 heteroatoms. The molecule has 5 unspecified atom stereocenters. The highest BCUT2D eigenvalue weighted by Gasteiger charge is 2.41. The van der Waals surface area contributed by atoms with Crippen LogP contribution in [-0.2, 0) is 49.4 Å². The lowest BCUT2D eigenvalue weighted by molar-refractivity contribution is 0.0628. The van der Waals surface area contributed by atoms with E-state index in [0.29, 0.717) is 122 Å². The fourth-order valence-electron chi connectivity index (χ4n) is 16.3. The van der Waals surface area contributed by atoms with Gasteiger partial charge in [-0.05, 0) is 244 Å². The van der Waals surface area contributed by atoms with Gasteiger partial charge < -0.3 is 62.6 Å². The number of alkyl halides is 5. The molecule has 4 N–H and O–H groups in total. The molecule has 4 aliphatic rings. The van der Waals surface area contributed by atoms with Crippen molar-refractivity contribution in [3.05, 3.63) is 257 Å². The van der Waals surface area contributed by atoms with Crippen molar-refractivity contribution in [3.8, 4) is 35.3 Å². The number of rotatable bonds is 27. The van der Waals surface area contributed by atoms with Crippen LogP contribution < -0.4 is 18.9 Å². The van der Waals surface area contributed by atoms with Gasteiger partial charge in [0.25, 0.3) is 0 Å². The topological polar surface area (TPSA) is 227 Å². The first-order valence-corrected chi connectivity index (χ1v) is 46.0. The standard InChI is InChI=1S/C25H28Cl2N2O4.C24H26Cl2N2O3.C24H22Cl2N2O3.C23H23Cl3N2O3/c1-31-14-15-33-25(30)29-12-10-20-21-16-18(27)6-9-22(21)28-23(20)24(29)17-4-7-19(8-5-17)32-13-3-2-11-26;1-15(2)31-24(29)28-12-10-19-20-14-17(26)6-9-21(20)27-22(19)23(28)16-4-7-18(8-5-16)30-13-3-11-25;1-2-13-31-24(29)28-12-10-19-20-15-17(26)6-9-21(20)27-22(19)23(28)16-4-7-18(8-5-16)30-14-3-11-25;1-14(25)31-23(29)28-11-9-18-19-13-16(26)5-8-20(19)27-21(18)22(28)15-3-6-17(7-4-15)30-12-2-10-24/h4-9,16,24,28H,2-3,10-15H2,1H3;4-9,14-15,23,27H,3,10-13H2,1-2H3;1,4-9,15,23,27H,3,10-14H2;3-8,13-14,22,27H,2,9-12H2,1H3. The van der Waals surface area contributed by atoms with E-state index in [2.05, 4.69) is 25.9 Å². The van der Waals surface area contributed by atoms with E-state index in [1.807, 2.05) is 184 Å². The number of hydrogen-bond donors (Lipinski definition) is 4. The lowest BCUT2D eigenvalue weighted by atomic mass is 9.92. The molecule has 0 radical (unpaired) electrons. The number of ether oxygens (including phenoxy) is 9. The number of aromatic amines is 4. The first kappa shape index (κ1) is 94.0. The van der Waals surface area contributed by atoms with Gasteiger partial charge in [0, 0.05) is 143 Å². The summed E-state index contributed by atoms with van der Waals surface area (Å²) in [6.07, 6.45) is 10.6. The number of amides is 4. The summed E-state index contributed by atoms with van der Waals surface area (Å²) >= 11 is 53.8. The molecule has 0 saturated heterocycles. The molecule has 0 aliphatic carbocycles. The van der Waals surface area contributed by atoms with Gasteiger partial charge in [0.1, 0.15) is 53.8 Å². The second kappa shape index (κ2) is 45.3. The average molecular weight is 1890 g/mol. The van der Waals surface area contributed by atoms with Gasteiger partial charge in [-0.2, -0.15) is 0 Å². The minimum absolute atomic E-state index is 0.0649. The Labute approximate surface area is 777 Å². The SMILES string of the molecule is C#CCOC(=O)N1CCc2c([nH]c3ccc(Cl)cc23)C1c1ccc(OCCCCl)cc1.CC(C)OC(=O)N1CCc2c([nH]c3ccc(Cl)cc23)C1c1ccc(OCCCCl)cc1.CC(Cl)OC(=O)N1CCc2c([nH]c3ccc(Cl)cc23)C1c1ccc(OCCCCl)cc1.COCCOC(=O)N1CCc2c([nH]c3ccc(Cl)cc23)C1c1ccc(OCCCCCl)cc1. The zero-order chi connectivity index (χ0) is 88.9. The average Bonchev–Trinajstić information content (AvgIpc) is 1.61. The molecule has 8 aromatic carbocycles. The van der Waals surface area contributed by atoms with Gasteiger partial charge in [-0.3, -0.25) is 19.6 Å². The maximum atomic E-state index is 13.0. The minimum Gasteiger partial charge on any atom is -0.494 e. The number of unbranched alkanes of at least 4 members (excludes halogenated alkanes) is 1. The highest BCUT2D eigenvalue weighted by atomic mass is 35.5. The number of fused-ring (bicyclic) bond motifs is 12. The number of halogens is 9. The Morgan fingerprint density at radius 1 is 0.381 bits per heavy atom. The van der Waals surface area contributed by atoms with E-state index in [1.165, 1.54) is 11.1 Å². The molecule has 0 spiro atoms. The van der Waals surface area contributed by atoms with Crippen molar-refractivity contribution in [1.29, 1.82) is 0 Å². The third kappa shape index (κ3) is 23.1. The van der Waals surface area contributed by atoms with Gasteiger partial charge >= 0.3 is 24.4 Å². The van der Waals surface area contributed by atoms with Crippen molar-refractivity contribution in [2.45, 2.75) is 114 Å². The van der Waals surface area contributed by atoms with Crippen LogP contribution in [0.15, 0.2) is 170 Å². The molecule has 664 valence electrons. The first-order chi connectivity index (χ1) is 61.2. The summed E-state index contributed by atoms with van der Waals surface area (Å²) in [5.74, 6) is 7.77. The Kier molecular flexibility index (Phi) is 33.8. The predicted molar refractivity (Wildman–Crippen MR) is 503 cm³/mol. The second-order valence-electron chi connectivity index (χ2n) is 30.6. The van der Waals surface area contributed by atoms with E-state index in [0.717, 1.165) is 161 Å². The lowest BCUT2D eigenvalue weighted by Crippen LogP contribution is -2.41. The molecule has 0 saturated carbocycles. The highest BCUT2D eigenvalue weighted by Crippen LogP contribution is 2.46. The summed E-state index contributed by atoms with van der Waals surface area (Å²) in [6, 6.07) is 53.2. The number of benzene rings is 8. The van der Waals surface area contributed by atoms with Crippen LogP contribution in [0.3, 0.4) is 0 Å². The Balaban J connectivity index is 0.000000144. The van der Waals surface area contributed by atoms with Crippen LogP contribution in [0.25, 0.3) is 43.6 Å². The predicted octanol–water partition coefficient (Wildman–Crippen LogP) is 24.3. The summed E-state index contributed by atoms with van der Waals surface area (Å²) in [5, 5.41) is 7.10. The van der Waals surface area contributed by atoms with Crippen molar-refractivity contribution < 1.29 is 61.8 Å².